The van der Waals surface area contributed by atoms with Gasteiger partial charge in [0.1, 0.15) is 0 Å². The van der Waals surface area contributed by atoms with Gasteiger partial charge in [-0.15, -0.1) is 0 Å². The van der Waals surface area contributed by atoms with Crippen molar-refractivity contribution in [3.63, 3.8) is 0 Å². The van der Waals surface area contributed by atoms with E-state index in [2.05, 4.69) is 18.4 Å². The highest BCUT2D eigenvalue weighted by Crippen LogP contribution is 2.11. The Bertz CT molecular complexity index is 133. The van der Waals surface area contributed by atoms with Gasteiger partial charge < -0.3 is 45.4 Å². The third kappa shape index (κ3) is 22.1. The first kappa shape index (κ1) is 23.9. The molecule has 0 aromatic heterocycles. The maximum absolute atomic E-state index is 3.91. The topological polar surface area (TPSA) is 55.3 Å². The van der Waals surface area contributed by atoms with Crippen LogP contribution in [0.2, 0.25) is 0 Å². The lowest BCUT2D eigenvalue weighted by molar-refractivity contribution is -0.658. The number of quaternary nitrogens is 2. The molecule has 0 radical (unpaired) electrons. The second kappa shape index (κ2) is 20.2. The Morgan fingerprint density at radius 3 is 1.28 bits per heavy atom. The summed E-state index contributed by atoms with van der Waals surface area (Å²) in [7, 11) is 0. The van der Waals surface area contributed by atoms with Gasteiger partial charge in [-0.25, -0.2) is 0 Å². The van der Waals surface area contributed by atoms with E-state index in [0.29, 0.717) is 6.17 Å². The first-order valence-corrected chi connectivity index (χ1v) is 7.43. The molecule has 0 aromatic carbocycles. The average Bonchev–Trinajstić information content (AvgIpc) is 2.25. The first-order valence-electron chi connectivity index (χ1n) is 7.43. The average molecular weight is 390 g/mol. The maximum Gasteiger partial charge on any atom is 0.207 e. The molecule has 0 spiro atoms. The second-order valence-electron chi connectivity index (χ2n) is 5.19. The predicted molar refractivity (Wildman–Crippen MR) is 70.6 cm³/mol. The molecule has 0 bridgehead atoms. The number of rotatable bonds is 12. The van der Waals surface area contributed by atoms with Crippen molar-refractivity contribution >= 4 is 0 Å². The van der Waals surface area contributed by atoms with Gasteiger partial charge in [0.05, 0.1) is 6.42 Å². The Balaban J connectivity index is -0.00000112. The third-order valence-corrected chi connectivity index (χ3v) is 3.22. The van der Waals surface area contributed by atoms with E-state index in [-0.39, 0.29) is 34.0 Å². The number of hydrogen-bond acceptors (Lipinski definition) is 0. The SMILES string of the molecule is CCCCCCCCCCCCCC([NH3+])[NH3+].[Br-].[Br-]. The minimum Gasteiger partial charge on any atom is -1.00 e. The molecule has 0 heterocycles. The Kier molecular flexibility index (Phi) is 26.9. The molecule has 0 aliphatic carbocycles. The van der Waals surface area contributed by atoms with Crippen LogP contribution in [0.15, 0.2) is 0 Å². The van der Waals surface area contributed by atoms with E-state index in [0.717, 1.165) is 0 Å². The monoisotopic (exact) mass is 388 g/mol. The standard InChI is InChI=1S/C14H32N2.2BrH/c1-2-3-4-5-6-7-8-9-10-11-12-13-14(15)16;;/h14H,2-13,15-16H2,1H3;2*1H. The van der Waals surface area contributed by atoms with Gasteiger partial charge in [0.2, 0.25) is 6.17 Å². The molecule has 4 heteroatoms. The fourth-order valence-electron chi connectivity index (χ4n) is 2.10. The first-order chi connectivity index (χ1) is 7.77. The van der Waals surface area contributed by atoms with E-state index in [1.54, 1.807) is 0 Å². The lowest BCUT2D eigenvalue weighted by atomic mass is 10.1. The van der Waals surface area contributed by atoms with Crippen LogP contribution >= 0.6 is 0 Å². The van der Waals surface area contributed by atoms with Crippen LogP contribution in [0.1, 0.15) is 84.0 Å². The Labute approximate surface area is 135 Å². The molecule has 0 aromatic rings. The zero-order chi connectivity index (χ0) is 12.1. The van der Waals surface area contributed by atoms with Crippen molar-refractivity contribution in [1.29, 1.82) is 0 Å². The number of unbranched alkanes of at least 4 members (excludes halogenated alkanes) is 10. The van der Waals surface area contributed by atoms with Crippen LogP contribution < -0.4 is 45.4 Å². The maximum atomic E-state index is 3.91. The summed E-state index contributed by atoms with van der Waals surface area (Å²) >= 11 is 0. The van der Waals surface area contributed by atoms with Crippen LogP contribution in [0, 0.1) is 0 Å². The van der Waals surface area contributed by atoms with Crippen molar-refractivity contribution in [1.82, 2.24) is 0 Å². The lowest BCUT2D eigenvalue weighted by Crippen LogP contribution is -3.00. The highest BCUT2D eigenvalue weighted by atomic mass is 79.9. The van der Waals surface area contributed by atoms with E-state index in [1.807, 2.05) is 0 Å². The van der Waals surface area contributed by atoms with Crippen molar-refractivity contribution in [3.05, 3.63) is 0 Å². The minimum atomic E-state index is 0. The summed E-state index contributed by atoms with van der Waals surface area (Å²) in [6.45, 7) is 2.28. The van der Waals surface area contributed by atoms with Crippen LogP contribution in [0.4, 0.5) is 0 Å². The smallest absolute Gasteiger partial charge is 0.207 e. The molecule has 18 heavy (non-hydrogen) atoms. The summed E-state index contributed by atoms with van der Waals surface area (Å²) in [4.78, 5) is 0. The summed E-state index contributed by atoms with van der Waals surface area (Å²) in [5, 5.41) is 0. The van der Waals surface area contributed by atoms with Gasteiger partial charge >= 0.3 is 0 Å². The molecule has 114 valence electrons. The molecule has 0 rings (SSSR count). The summed E-state index contributed by atoms with van der Waals surface area (Å²) in [5.41, 5.74) is 7.82. The minimum absolute atomic E-state index is 0. The summed E-state index contributed by atoms with van der Waals surface area (Å²) in [5.74, 6) is 0. The Morgan fingerprint density at radius 1 is 0.611 bits per heavy atom. The molecular weight excluding hydrogens is 356 g/mol. The van der Waals surface area contributed by atoms with Gasteiger partial charge in [0.15, 0.2) is 0 Å². The van der Waals surface area contributed by atoms with E-state index in [9.17, 15) is 0 Å². The van der Waals surface area contributed by atoms with Crippen molar-refractivity contribution in [3.8, 4) is 0 Å². The number of hydrogen-bond donors (Lipinski definition) is 2. The summed E-state index contributed by atoms with van der Waals surface area (Å²) in [6, 6.07) is 0. The van der Waals surface area contributed by atoms with E-state index >= 15 is 0 Å². The van der Waals surface area contributed by atoms with Crippen LogP contribution in [-0.2, 0) is 0 Å². The van der Waals surface area contributed by atoms with Crippen LogP contribution in [-0.4, -0.2) is 6.17 Å². The fourth-order valence-corrected chi connectivity index (χ4v) is 2.10. The van der Waals surface area contributed by atoms with Gasteiger partial charge in [0, 0.05) is 0 Å². The van der Waals surface area contributed by atoms with Gasteiger partial charge in [-0.3, -0.25) is 0 Å². The van der Waals surface area contributed by atoms with Crippen molar-refractivity contribution in [2.45, 2.75) is 90.1 Å². The molecule has 0 fully saturated rings. The fraction of sp³-hybridized carbons (Fsp3) is 1.00. The van der Waals surface area contributed by atoms with Gasteiger partial charge in [-0.1, -0.05) is 71.1 Å². The quantitative estimate of drug-likeness (QED) is 0.257. The molecule has 0 aliphatic heterocycles. The largest absolute Gasteiger partial charge is 1.00 e. The molecule has 6 N–H and O–H groups in total. The van der Waals surface area contributed by atoms with Crippen LogP contribution in [0.5, 0.6) is 0 Å². The Hall–Kier alpha value is 0.880. The van der Waals surface area contributed by atoms with Crippen molar-refractivity contribution in [2.24, 2.45) is 0 Å². The molecule has 0 aliphatic rings. The highest BCUT2D eigenvalue weighted by molar-refractivity contribution is 4.48. The lowest BCUT2D eigenvalue weighted by Gasteiger charge is -2.02. The molecule has 2 nitrogen and oxygen atoms in total. The third-order valence-electron chi connectivity index (χ3n) is 3.22. The van der Waals surface area contributed by atoms with Gasteiger partial charge in [0.25, 0.3) is 0 Å². The van der Waals surface area contributed by atoms with Gasteiger partial charge in [-0.2, -0.15) is 0 Å². The Morgan fingerprint density at radius 2 is 0.944 bits per heavy atom. The predicted octanol–water partition coefficient (Wildman–Crippen LogP) is -3.49. The normalized spacial score (nSPS) is 10.0. The molecule has 0 saturated heterocycles. The van der Waals surface area contributed by atoms with Gasteiger partial charge in [-0.05, 0) is 6.42 Å². The summed E-state index contributed by atoms with van der Waals surface area (Å²) in [6.07, 6.45) is 17.2. The van der Waals surface area contributed by atoms with Crippen molar-refractivity contribution < 1.29 is 45.4 Å². The molecule has 0 unspecified atom stereocenters. The van der Waals surface area contributed by atoms with E-state index < -0.39 is 0 Å². The summed E-state index contributed by atoms with van der Waals surface area (Å²) < 4.78 is 0. The van der Waals surface area contributed by atoms with Crippen molar-refractivity contribution in [2.75, 3.05) is 0 Å². The second-order valence-corrected chi connectivity index (χ2v) is 5.19. The zero-order valence-corrected chi connectivity index (χ0v) is 15.4. The molecule has 0 amide bonds. The molecule has 0 saturated carbocycles. The van der Waals surface area contributed by atoms with E-state index in [4.69, 9.17) is 0 Å². The molecule has 0 atom stereocenters. The van der Waals surface area contributed by atoms with E-state index in [1.165, 1.54) is 77.0 Å². The molecular formula is C14H34Br2N2. The van der Waals surface area contributed by atoms with Crippen LogP contribution in [0.25, 0.3) is 0 Å². The van der Waals surface area contributed by atoms with Crippen LogP contribution in [0.3, 0.4) is 0 Å². The highest BCUT2D eigenvalue weighted by Gasteiger charge is 1.99. The zero-order valence-electron chi connectivity index (χ0n) is 12.2. The number of halogens is 2.